The van der Waals surface area contributed by atoms with Gasteiger partial charge >= 0.3 is 0 Å². The molecule has 1 rings (SSSR count). The Morgan fingerprint density at radius 1 is 1.58 bits per heavy atom. The van der Waals surface area contributed by atoms with Crippen LogP contribution < -0.4 is 10.6 Å². The first kappa shape index (κ1) is 16.1. The number of aryl methyl sites for hydroxylation is 2. The van der Waals surface area contributed by atoms with Gasteiger partial charge in [0.15, 0.2) is 0 Å². The van der Waals surface area contributed by atoms with Gasteiger partial charge in [-0.15, -0.1) is 0 Å². The third-order valence-electron chi connectivity index (χ3n) is 2.84. The summed E-state index contributed by atoms with van der Waals surface area (Å²) in [6.07, 6.45) is 0. The van der Waals surface area contributed by atoms with Gasteiger partial charge in [-0.05, 0) is 29.8 Å². The molecule has 1 heterocycles. The summed E-state index contributed by atoms with van der Waals surface area (Å²) >= 11 is 3.50. The number of methoxy groups -OCH3 is 1. The van der Waals surface area contributed by atoms with E-state index in [2.05, 4.69) is 31.7 Å². The molecule has 7 heteroatoms. The Balaban J connectivity index is 2.45. The van der Waals surface area contributed by atoms with E-state index < -0.39 is 0 Å². The molecule has 1 unspecified atom stereocenters. The van der Waals surface area contributed by atoms with Gasteiger partial charge in [-0.3, -0.25) is 9.48 Å². The van der Waals surface area contributed by atoms with Crippen LogP contribution in [0.3, 0.4) is 0 Å². The fourth-order valence-electron chi connectivity index (χ4n) is 1.64. The third-order valence-corrected chi connectivity index (χ3v) is 3.87. The molecule has 0 bridgehead atoms. The fraction of sp³-hybridized carbons (Fsp3) is 0.667. The van der Waals surface area contributed by atoms with Crippen LogP contribution in [0.2, 0.25) is 0 Å². The summed E-state index contributed by atoms with van der Waals surface area (Å²) in [5.41, 5.74) is 1.96. The smallest absolute Gasteiger partial charge is 0.236 e. The molecule has 0 spiro atoms. The highest BCUT2D eigenvalue weighted by molar-refractivity contribution is 9.10. The molecule has 0 aliphatic carbocycles. The number of nitrogens with zero attached hydrogens (tertiary/aromatic N) is 2. The molecule has 19 heavy (non-hydrogen) atoms. The lowest BCUT2D eigenvalue weighted by Crippen LogP contribution is -2.43. The van der Waals surface area contributed by atoms with E-state index in [-0.39, 0.29) is 11.9 Å². The monoisotopic (exact) mass is 332 g/mol. The van der Waals surface area contributed by atoms with Gasteiger partial charge in [-0.25, -0.2) is 0 Å². The number of aromatic nitrogens is 2. The number of carbonyl (C=O) groups is 1. The van der Waals surface area contributed by atoms with Crippen LogP contribution in [0.5, 0.6) is 0 Å². The number of carbonyl (C=O) groups excluding carboxylic acids is 1. The summed E-state index contributed by atoms with van der Waals surface area (Å²) in [7, 11) is 3.49. The molecule has 0 aliphatic rings. The Hall–Kier alpha value is -0.920. The molecule has 108 valence electrons. The van der Waals surface area contributed by atoms with Crippen LogP contribution in [0, 0.1) is 6.92 Å². The zero-order valence-electron chi connectivity index (χ0n) is 11.8. The Bertz CT molecular complexity index is 434. The standard InChI is InChI=1S/C12H21BrN4O2/c1-8-11(13)10(17(3)16-8)7-15-9(2)12(18)14-5-6-19-4/h9,15H,5-7H2,1-4H3,(H,14,18). The lowest BCUT2D eigenvalue weighted by molar-refractivity contribution is -0.123. The van der Waals surface area contributed by atoms with Crippen molar-refractivity contribution >= 4 is 21.8 Å². The Morgan fingerprint density at radius 3 is 2.79 bits per heavy atom. The van der Waals surface area contributed by atoms with E-state index >= 15 is 0 Å². The highest BCUT2D eigenvalue weighted by Crippen LogP contribution is 2.19. The molecule has 0 radical (unpaired) electrons. The van der Waals surface area contributed by atoms with Crippen LogP contribution in [0.4, 0.5) is 0 Å². The van der Waals surface area contributed by atoms with Crippen LogP contribution in [-0.2, 0) is 23.1 Å². The summed E-state index contributed by atoms with van der Waals surface area (Å²) in [6.45, 7) is 5.39. The molecule has 0 fully saturated rings. The second-order valence-electron chi connectivity index (χ2n) is 4.36. The maximum Gasteiger partial charge on any atom is 0.236 e. The maximum atomic E-state index is 11.8. The number of hydrogen-bond donors (Lipinski definition) is 2. The van der Waals surface area contributed by atoms with E-state index in [0.717, 1.165) is 15.9 Å². The average Bonchev–Trinajstić information content (AvgIpc) is 2.61. The Labute approximate surface area is 122 Å². The van der Waals surface area contributed by atoms with Crippen LogP contribution >= 0.6 is 15.9 Å². The van der Waals surface area contributed by atoms with Gasteiger partial charge in [0.25, 0.3) is 0 Å². The summed E-state index contributed by atoms with van der Waals surface area (Å²) in [5, 5.41) is 10.3. The zero-order valence-corrected chi connectivity index (χ0v) is 13.4. The van der Waals surface area contributed by atoms with E-state index in [1.165, 1.54) is 0 Å². The van der Waals surface area contributed by atoms with E-state index in [0.29, 0.717) is 19.7 Å². The molecule has 0 aromatic carbocycles. The van der Waals surface area contributed by atoms with Gasteiger partial charge in [0.05, 0.1) is 28.5 Å². The lowest BCUT2D eigenvalue weighted by Gasteiger charge is -2.14. The van der Waals surface area contributed by atoms with Gasteiger partial charge in [0.2, 0.25) is 5.91 Å². The first-order valence-electron chi connectivity index (χ1n) is 6.15. The van der Waals surface area contributed by atoms with Gasteiger partial charge < -0.3 is 15.4 Å². The number of rotatable bonds is 7. The summed E-state index contributed by atoms with van der Waals surface area (Å²) < 4.78 is 7.67. The largest absolute Gasteiger partial charge is 0.383 e. The van der Waals surface area contributed by atoms with Gasteiger partial charge in [0, 0.05) is 27.2 Å². The molecule has 1 aromatic rings. The molecule has 0 aliphatic heterocycles. The minimum absolute atomic E-state index is 0.0351. The molecule has 1 aromatic heterocycles. The van der Waals surface area contributed by atoms with E-state index in [4.69, 9.17) is 4.74 Å². The van der Waals surface area contributed by atoms with E-state index in [1.807, 2.05) is 25.6 Å². The first-order chi connectivity index (χ1) is 8.97. The van der Waals surface area contributed by atoms with Crippen molar-refractivity contribution in [3.63, 3.8) is 0 Å². The van der Waals surface area contributed by atoms with Crippen molar-refractivity contribution in [2.24, 2.45) is 7.05 Å². The molecule has 1 atom stereocenters. The van der Waals surface area contributed by atoms with Crippen molar-refractivity contribution < 1.29 is 9.53 Å². The second-order valence-corrected chi connectivity index (χ2v) is 5.15. The number of nitrogens with one attached hydrogen (secondary N) is 2. The maximum absolute atomic E-state index is 11.8. The predicted octanol–water partition coefficient (Wildman–Crippen LogP) is 0.732. The van der Waals surface area contributed by atoms with Crippen molar-refractivity contribution in [2.75, 3.05) is 20.3 Å². The quantitative estimate of drug-likeness (QED) is 0.722. The second kappa shape index (κ2) is 7.62. The van der Waals surface area contributed by atoms with Crippen molar-refractivity contribution in [1.29, 1.82) is 0 Å². The fourth-order valence-corrected chi connectivity index (χ4v) is 2.12. The molecule has 2 N–H and O–H groups in total. The van der Waals surface area contributed by atoms with Crippen LogP contribution in [0.15, 0.2) is 4.47 Å². The molecule has 0 saturated carbocycles. The average molecular weight is 333 g/mol. The van der Waals surface area contributed by atoms with Gasteiger partial charge in [0.1, 0.15) is 0 Å². The van der Waals surface area contributed by atoms with Crippen molar-refractivity contribution in [2.45, 2.75) is 26.4 Å². The highest BCUT2D eigenvalue weighted by Gasteiger charge is 2.15. The Morgan fingerprint density at radius 2 is 2.26 bits per heavy atom. The van der Waals surface area contributed by atoms with Crippen LogP contribution in [-0.4, -0.2) is 42.0 Å². The molecule has 0 saturated heterocycles. The predicted molar refractivity (Wildman–Crippen MR) is 76.8 cm³/mol. The topological polar surface area (TPSA) is 68.2 Å². The summed E-state index contributed by atoms with van der Waals surface area (Å²) in [6, 6.07) is -0.265. The molecule has 1 amide bonds. The number of ether oxygens (including phenoxy) is 1. The number of hydrogen-bond acceptors (Lipinski definition) is 4. The lowest BCUT2D eigenvalue weighted by atomic mass is 10.3. The SMILES string of the molecule is COCCNC(=O)C(C)NCc1c(Br)c(C)nn1C. The molecular weight excluding hydrogens is 312 g/mol. The summed E-state index contributed by atoms with van der Waals surface area (Å²) in [5.74, 6) is -0.0351. The number of amides is 1. The van der Waals surface area contributed by atoms with E-state index in [9.17, 15) is 4.79 Å². The normalized spacial score (nSPS) is 12.5. The van der Waals surface area contributed by atoms with Crippen molar-refractivity contribution in [3.8, 4) is 0 Å². The highest BCUT2D eigenvalue weighted by atomic mass is 79.9. The van der Waals surface area contributed by atoms with Crippen molar-refractivity contribution in [3.05, 3.63) is 15.9 Å². The minimum Gasteiger partial charge on any atom is -0.383 e. The van der Waals surface area contributed by atoms with E-state index in [1.54, 1.807) is 7.11 Å². The van der Waals surface area contributed by atoms with Crippen LogP contribution in [0.1, 0.15) is 18.3 Å². The number of halogens is 1. The van der Waals surface area contributed by atoms with Crippen LogP contribution in [0.25, 0.3) is 0 Å². The zero-order chi connectivity index (χ0) is 14.4. The Kier molecular flexibility index (Phi) is 6.47. The van der Waals surface area contributed by atoms with Gasteiger partial charge in [-0.1, -0.05) is 0 Å². The molecule has 6 nitrogen and oxygen atoms in total. The minimum atomic E-state index is -0.265. The van der Waals surface area contributed by atoms with Crippen molar-refractivity contribution in [1.82, 2.24) is 20.4 Å². The summed E-state index contributed by atoms with van der Waals surface area (Å²) in [4.78, 5) is 11.8. The first-order valence-corrected chi connectivity index (χ1v) is 6.94. The van der Waals surface area contributed by atoms with Gasteiger partial charge in [-0.2, -0.15) is 5.10 Å². The molecular formula is C12H21BrN4O2. The third kappa shape index (κ3) is 4.59.